The molecule has 106 valence electrons. The van der Waals surface area contributed by atoms with E-state index in [1.54, 1.807) is 35.1 Å². The molecule has 0 N–H and O–H groups in total. The second-order valence-corrected chi connectivity index (χ2v) is 7.65. The second kappa shape index (κ2) is 6.85. The molecule has 0 aliphatic carbocycles. The lowest BCUT2D eigenvalue weighted by Gasteiger charge is -1.88. The first-order chi connectivity index (χ1) is 10.3. The third-order valence-electron chi connectivity index (χ3n) is 2.26. The number of hydrogen-bond donors (Lipinski definition) is 0. The van der Waals surface area contributed by atoms with Gasteiger partial charge >= 0.3 is 4.87 Å². The van der Waals surface area contributed by atoms with E-state index in [2.05, 4.69) is 15.3 Å². The number of rotatable bonds is 4. The van der Waals surface area contributed by atoms with E-state index in [1.807, 2.05) is 35.0 Å². The lowest BCUT2D eigenvalue weighted by molar-refractivity contribution is 0.808. The molecule has 0 saturated carbocycles. The van der Waals surface area contributed by atoms with Gasteiger partial charge in [0.15, 0.2) is 0 Å². The van der Waals surface area contributed by atoms with Gasteiger partial charge < -0.3 is 0 Å². The highest BCUT2D eigenvalue weighted by Gasteiger charge is 2.00. The Kier molecular flexibility index (Phi) is 4.65. The van der Waals surface area contributed by atoms with E-state index in [-0.39, 0.29) is 4.87 Å². The van der Waals surface area contributed by atoms with Crippen LogP contribution >= 0.6 is 43.4 Å². The Morgan fingerprint density at radius 3 is 2.38 bits per heavy atom. The summed E-state index contributed by atoms with van der Waals surface area (Å²) in [7, 11) is 2.35. The predicted octanol–water partition coefficient (Wildman–Crippen LogP) is 2.91. The molecule has 21 heavy (non-hydrogen) atoms. The molecule has 0 fully saturated rings. The monoisotopic (exact) mass is 352 g/mol. The first kappa shape index (κ1) is 14.3. The molecule has 0 spiro atoms. The number of thiophene rings is 2. The summed E-state index contributed by atoms with van der Waals surface area (Å²) in [6, 6.07) is 7.76. The average molecular weight is 352 g/mol. The molecule has 0 amide bonds. The summed E-state index contributed by atoms with van der Waals surface area (Å²) >= 11 is 3.13. The predicted molar refractivity (Wildman–Crippen MR) is 91.2 cm³/mol. The van der Waals surface area contributed by atoms with Crippen molar-refractivity contribution in [3.05, 3.63) is 59.2 Å². The van der Waals surface area contributed by atoms with Gasteiger partial charge in [-0.25, -0.2) is 0 Å². The molecule has 5 nitrogen and oxygen atoms in total. The normalized spacial score (nSPS) is 12.9. The van der Waals surface area contributed by atoms with Gasteiger partial charge in [0.25, 0.3) is 0 Å². The summed E-state index contributed by atoms with van der Waals surface area (Å²) in [5, 5.41) is 16.2. The van der Waals surface area contributed by atoms with Gasteiger partial charge in [0.2, 0.25) is 4.80 Å². The molecule has 0 aliphatic heterocycles. The Hall–Kier alpha value is -1.68. The van der Waals surface area contributed by atoms with E-state index in [1.165, 1.54) is 15.0 Å². The molecule has 0 aromatic carbocycles. The van der Waals surface area contributed by atoms with Crippen LogP contribution < -0.4 is 9.67 Å². The molecule has 0 bridgehead atoms. The van der Waals surface area contributed by atoms with E-state index < -0.39 is 0 Å². The average Bonchev–Trinajstić information content (AvgIpc) is 3.20. The van der Waals surface area contributed by atoms with Gasteiger partial charge in [-0.05, 0) is 43.6 Å². The standard InChI is InChI=1S/C12H8N4OS4/c17-12-16(14-8-10-4-2-6-19-10)11(20-21-12)15-13-7-9-3-1-5-18-9/h1-8H/b13-7+,14-8+,15-11+. The summed E-state index contributed by atoms with van der Waals surface area (Å²) in [4.78, 5) is 14.0. The van der Waals surface area contributed by atoms with Crippen LogP contribution in [0.1, 0.15) is 9.75 Å². The SMILES string of the molecule is O=c1ss/c(=N/N=C/c2cccs2)n1/N=C/c1cccs1. The fourth-order valence-corrected chi connectivity index (χ4v) is 4.17. The minimum Gasteiger partial charge on any atom is -0.254 e. The fourth-order valence-electron chi connectivity index (χ4n) is 1.36. The molecule has 3 aromatic rings. The highest BCUT2D eigenvalue weighted by Crippen LogP contribution is 2.05. The molecule has 0 unspecified atom stereocenters. The van der Waals surface area contributed by atoms with Crippen LogP contribution in [-0.2, 0) is 0 Å². The minimum absolute atomic E-state index is 0.169. The maximum absolute atomic E-state index is 11.8. The van der Waals surface area contributed by atoms with Gasteiger partial charge in [0.1, 0.15) is 0 Å². The van der Waals surface area contributed by atoms with E-state index in [4.69, 9.17) is 0 Å². The van der Waals surface area contributed by atoms with Crippen molar-refractivity contribution in [1.82, 2.24) is 4.68 Å². The minimum atomic E-state index is -0.169. The largest absolute Gasteiger partial charge is 0.340 e. The smallest absolute Gasteiger partial charge is 0.254 e. The zero-order valence-corrected chi connectivity index (χ0v) is 13.7. The fraction of sp³-hybridized carbons (Fsp3) is 0. The van der Waals surface area contributed by atoms with Crippen LogP contribution in [0.15, 0.2) is 55.1 Å². The van der Waals surface area contributed by atoms with Crippen molar-refractivity contribution >= 4 is 55.8 Å². The topological polar surface area (TPSA) is 59.1 Å². The Labute approximate surface area is 134 Å². The number of hydrogen-bond acceptors (Lipinski definition) is 8. The quantitative estimate of drug-likeness (QED) is 0.405. The van der Waals surface area contributed by atoms with Crippen LogP contribution in [0.2, 0.25) is 0 Å². The molecule has 0 saturated heterocycles. The molecule has 3 heterocycles. The van der Waals surface area contributed by atoms with Crippen molar-refractivity contribution in [1.29, 1.82) is 0 Å². The van der Waals surface area contributed by atoms with Crippen LogP contribution in [0, 0.1) is 0 Å². The van der Waals surface area contributed by atoms with Gasteiger partial charge in [-0.15, -0.1) is 27.8 Å². The number of aromatic nitrogens is 1. The highest BCUT2D eigenvalue weighted by atomic mass is 32.9. The second-order valence-electron chi connectivity index (χ2n) is 3.65. The highest BCUT2D eigenvalue weighted by molar-refractivity contribution is 7.67. The third-order valence-corrected chi connectivity index (χ3v) is 5.80. The Balaban J connectivity index is 1.88. The molecule has 9 heteroatoms. The first-order valence-electron chi connectivity index (χ1n) is 5.73. The Bertz CT molecular complexity index is 865. The van der Waals surface area contributed by atoms with Gasteiger partial charge in [-0.1, -0.05) is 12.1 Å². The van der Waals surface area contributed by atoms with E-state index >= 15 is 0 Å². The van der Waals surface area contributed by atoms with Crippen LogP contribution in [0.5, 0.6) is 0 Å². The molecular formula is C12H8N4OS4. The van der Waals surface area contributed by atoms with Crippen LogP contribution in [0.3, 0.4) is 0 Å². The van der Waals surface area contributed by atoms with Crippen molar-refractivity contribution in [2.45, 2.75) is 0 Å². The molecular weight excluding hydrogens is 344 g/mol. The molecule has 3 aromatic heterocycles. The van der Waals surface area contributed by atoms with E-state index in [9.17, 15) is 4.79 Å². The zero-order valence-electron chi connectivity index (χ0n) is 10.4. The number of nitrogens with zero attached hydrogens (tertiary/aromatic N) is 4. The summed E-state index contributed by atoms with van der Waals surface area (Å²) in [6.07, 6.45) is 3.31. The Morgan fingerprint density at radius 2 is 1.71 bits per heavy atom. The van der Waals surface area contributed by atoms with Gasteiger partial charge in [0.05, 0.1) is 12.4 Å². The molecule has 0 atom stereocenters. The summed E-state index contributed by atoms with van der Waals surface area (Å²) in [6.45, 7) is 0. The maximum Gasteiger partial charge on any atom is 0.340 e. The lowest BCUT2D eigenvalue weighted by atomic mass is 10.5. The van der Waals surface area contributed by atoms with Crippen molar-refractivity contribution in [3.8, 4) is 0 Å². The molecule has 0 radical (unpaired) electrons. The lowest BCUT2D eigenvalue weighted by Crippen LogP contribution is -2.20. The van der Waals surface area contributed by atoms with Crippen molar-refractivity contribution in [2.75, 3.05) is 0 Å². The van der Waals surface area contributed by atoms with Gasteiger partial charge in [-0.2, -0.15) is 14.9 Å². The van der Waals surface area contributed by atoms with Crippen molar-refractivity contribution in [2.24, 2.45) is 15.3 Å². The van der Waals surface area contributed by atoms with Crippen LogP contribution in [0.25, 0.3) is 0 Å². The van der Waals surface area contributed by atoms with Gasteiger partial charge in [-0.3, -0.25) is 4.79 Å². The van der Waals surface area contributed by atoms with E-state index in [0.717, 1.165) is 20.1 Å². The molecule has 0 aliphatic rings. The summed E-state index contributed by atoms with van der Waals surface area (Å²) < 4.78 is 1.26. The van der Waals surface area contributed by atoms with Crippen LogP contribution in [-0.4, -0.2) is 17.1 Å². The first-order valence-corrected chi connectivity index (χ1v) is 9.64. The van der Waals surface area contributed by atoms with Crippen molar-refractivity contribution in [3.63, 3.8) is 0 Å². The van der Waals surface area contributed by atoms with E-state index in [0.29, 0.717) is 4.80 Å². The van der Waals surface area contributed by atoms with Gasteiger partial charge in [0, 0.05) is 9.75 Å². The molecule has 3 rings (SSSR count). The maximum atomic E-state index is 11.8. The third kappa shape index (κ3) is 3.70. The summed E-state index contributed by atoms with van der Waals surface area (Å²) in [5.74, 6) is 0. The Morgan fingerprint density at radius 1 is 1.00 bits per heavy atom. The van der Waals surface area contributed by atoms with Crippen molar-refractivity contribution < 1.29 is 0 Å². The zero-order chi connectivity index (χ0) is 14.5. The summed E-state index contributed by atoms with van der Waals surface area (Å²) in [5.41, 5.74) is 0. The van der Waals surface area contributed by atoms with Crippen LogP contribution in [0.4, 0.5) is 0 Å².